The van der Waals surface area contributed by atoms with Gasteiger partial charge in [-0.15, -0.1) is 0 Å². The first kappa shape index (κ1) is 13.4. The molecule has 2 rings (SSSR count). The Bertz CT molecular complexity index is 597. The van der Waals surface area contributed by atoms with Gasteiger partial charge >= 0.3 is 5.69 Å². The van der Waals surface area contributed by atoms with Gasteiger partial charge in [-0.05, 0) is 5.92 Å². The Hall–Kier alpha value is -2.02. The van der Waals surface area contributed by atoms with Crippen molar-refractivity contribution >= 4 is 17.3 Å². The third-order valence-corrected chi connectivity index (χ3v) is 2.77. The van der Waals surface area contributed by atoms with E-state index in [4.69, 9.17) is 11.6 Å². The topological polar surface area (TPSA) is 86.7 Å². The molecule has 2 aromatic rings. The highest BCUT2D eigenvalue weighted by Crippen LogP contribution is 2.31. The zero-order valence-electron chi connectivity index (χ0n) is 10.4. The molecule has 0 unspecified atom stereocenters. The van der Waals surface area contributed by atoms with Gasteiger partial charge < -0.3 is 0 Å². The summed E-state index contributed by atoms with van der Waals surface area (Å²) >= 11 is 6.03. The molecule has 0 bridgehead atoms. The van der Waals surface area contributed by atoms with Gasteiger partial charge in [-0.2, -0.15) is 9.78 Å². The predicted molar refractivity (Wildman–Crippen MR) is 69.4 cm³/mol. The van der Waals surface area contributed by atoms with E-state index in [1.165, 1.54) is 23.3 Å². The van der Waals surface area contributed by atoms with Gasteiger partial charge in [-0.25, -0.2) is 4.98 Å². The Morgan fingerprint density at radius 3 is 2.74 bits per heavy atom. The summed E-state index contributed by atoms with van der Waals surface area (Å²) in [5.74, 6) is 0.589. The van der Waals surface area contributed by atoms with Crippen molar-refractivity contribution in [3.05, 3.63) is 39.6 Å². The van der Waals surface area contributed by atoms with Crippen molar-refractivity contribution in [1.29, 1.82) is 0 Å². The van der Waals surface area contributed by atoms with Crippen molar-refractivity contribution in [3.63, 3.8) is 0 Å². The molecule has 100 valence electrons. The lowest BCUT2D eigenvalue weighted by Gasteiger charge is -2.00. The van der Waals surface area contributed by atoms with Crippen molar-refractivity contribution in [2.75, 3.05) is 0 Å². The summed E-state index contributed by atoms with van der Waals surface area (Å²) in [6.45, 7) is 3.91. The fourth-order valence-corrected chi connectivity index (χ4v) is 1.99. The van der Waals surface area contributed by atoms with E-state index in [0.29, 0.717) is 17.9 Å². The highest BCUT2D eigenvalue weighted by Gasteiger charge is 2.28. The maximum absolute atomic E-state index is 11.1. The molecule has 0 aliphatic carbocycles. The summed E-state index contributed by atoms with van der Waals surface area (Å²) < 4.78 is 1.24. The molecule has 0 radical (unpaired) electrons. The monoisotopic (exact) mass is 281 g/mol. The largest absolute Gasteiger partial charge is 0.329 e. The quantitative estimate of drug-likeness (QED) is 0.634. The fraction of sp³-hybridized carbons (Fsp3) is 0.364. The van der Waals surface area contributed by atoms with Crippen molar-refractivity contribution in [1.82, 2.24) is 19.7 Å². The predicted octanol–water partition coefficient (Wildman–Crippen LogP) is 2.42. The maximum Gasteiger partial charge on any atom is 0.329 e. The third kappa shape index (κ3) is 2.70. The summed E-state index contributed by atoms with van der Waals surface area (Å²) in [5.41, 5.74) is 0.191. The second-order valence-electron chi connectivity index (χ2n) is 4.42. The second kappa shape index (κ2) is 5.31. The first-order valence-electron chi connectivity index (χ1n) is 5.69. The Morgan fingerprint density at radius 2 is 2.21 bits per heavy atom. The van der Waals surface area contributed by atoms with Crippen LogP contribution in [0.15, 0.2) is 18.6 Å². The van der Waals surface area contributed by atoms with Crippen LogP contribution in [0.4, 0.5) is 5.69 Å². The number of hydrogen-bond donors (Lipinski definition) is 0. The lowest BCUT2D eigenvalue weighted by molar-refractivity contribution is -0.385. The molecule has 0 spiro atoms. The number of nitro groups is 1. The smallest absolute Gasteiger partial charge is 0.259 e. The average Bonchev–Trinajstić information content (AvgIpc) is 2.66. The Labute approximate surface area is 114 Å². The highest BCUT2D eigenvalue weighted by atomic mass is 35.5. The first-order valence-corrected chi connectivity index (χ1v) is 6.06. The first-order chi connectivity index (χ1) is 9.00. The van der Waals surface area contributed by atoms with Gasteiger partial charge in [0.25, 0.3) is 0 Å². The minimum atomic E-state index is -0.514. The van der Waals surface area contributed by atoms with Gasteiger partial charge in [-0.1, -0.05) is 25.4 Å². The van der Waals surface area contributed by atoms with Crippen LogP contribution in [-0.2, 0) is 6.42 Å². The lowest BCUT2D eigenvalue weighted by atomic mass is 10.1. The fourth-order valence-electron chi connectivity index (χ4n) is 1.69. The molecule has 8 heteroatoms. The summed E-state index contributed by atoms with van der Waals surface area (Å²) in [7, 11) is 0. The van der Waals surface area contributed by atoms with Crippen LogP contribution >= 0.6 is 11.6 Å². The molecule has 0 amide bonds. The number of hydrogen-bond acceptors (Lipinski definition) is 5. The van der Waals surface area contributed by atoms with E-state index >= 15 is 0 Å². The second-order valence-corrected chi connectivity index (χ2v) is 4.77. The van der Waals surface area contributed by atoms with Gasteiger partial charge in [0.15, 0.2) is 5.82 Å². The van der Waals surface area contributed by atoms with E-state index in [1.54, 1.807) is 0 Å². The Morgan fingerprint density at radius 1 is 1.47 bits per heavy atom. The number of aromatic nitrogens is 4. The van der Waals surface area contributed by atoms with Crippen LogP contribution in [0.3, 0.4) is 0 Å². The molecular weight excluding hydrogens is 270 g/mol. The van der Waals surface area contributed by atoms with E-state index in [2.05, 4.69) is 15.1 Å². The summed E-state index contributed by atoms with van der Waals surface area (Å²) in [6, 6.07) is 0. The number of halogens is 1. The molecule has 0 aromatic carbocycles. The minimum Gasteiger partial charge on any atom is -0.259 e. The molecule has 0 N–H and O–H groups in total. The van der Waals surface area contributed by atoms with Crippen LogP contribution in [0.1, 0.15) is 19.5 Å². The molecule has 0 fully saturated rings. The van der Waals surface area contributed by atoms with Crippen molar-refractivity contribution in [3.8, 4) is 5.82 Å². The molecule has 0 saturated heterocycles. The standard InChI is InChI=1S/C11H12ClN5O2/c1-7(2)5-8-10(17(18)19)11(12)16(15-8)9-6-13-3-4-14-9/h3-4,6-7H,5H2,1-2H3. The molecule has 2 heterocycles. The van der Waals surface area contributed by atoms with Crippen molar-refractivity contribution in [2.24, 2.45) is 5.92 Å². The van der Waals surface area contributed by atoms with Gasteiger partial charge in [0.05, 0.1) is 11.1 Å². The van der Waals surface area contributed by atoms with Gasteiger partial charge in [0, 0.05) is 18.8 Å². The van der Waals surface area contributed by atoms with E-state index in [0.717, 1.165) is 0 Å². The van der Waals surface area contributed by atoms with E-state index in [-0.39, 0.29) is 16.8 Å². The van der Waals surface area contributed by atoms with Gasteiger partial charge in [0.2, 0.25) is 5.15 Å². The van der Waals surface area contributed by atoms with Crippen molar-refractivity contribution < 1.29 is 4.92 Å². The minimum absolute atomic E-state index is 0.0545. The highest BCUT2D eigenvalue weighted by molar-refractivity contribution is 6.32. The van der Waals surface area contributed by atoms with Crippen LogP contribution in [0.2, 0.25) is 5.15 Å². The van der Waals surface area contributed by atoms with Crippen LogP contribution in [0, 0.1) is 16.0 Å². The Balaban J connectivity index is 2.55. The molecule has 7 nitrogen and oxygen atoms in total. The maximum atomic E-state index is 11.1. The lowest BCUT2D eigenvalue weighted by Crippen LogP contribution is -2.02. The molecule has 2 aromatic heterocycles. The molecule has 0 saturated carbocycles. The van der Waals surface area contributed by atoms with Crippen LogP contribution in [-0.4, -0.2) is 24.7 Å². The van der Waals surface area contributed by atoms with Gasteiger partial charge in [-0.3, -0.25) is 15.1 Å². The third-order valence-electron chi connectivity index (χ3n) is 2.43. The van der Waals surface area contributed by atoms with E-state index in [1.807, 2.05) is 13.8 Å². The average molecular weight is 282 g/mol. The van der Waals surface area contributed by atoms with Crippen molar-refractivity contribution in [2.45, 2.75) is 20.3 Å². The normalized spacial score (nSPS) is 10.9. The number of rotatable bonds is 4. The van der Waals surface area contributed by atoms with E-state index < -0.39 is 4.92 Å². The molecule has 19 heavy (non-hydrogen) atoms. The summed E-state index contributed by atoms with van der Waals surface area (Å²) in [4.78, 5) is 18.5. The molecule has 0 aliphatic heterocycles. The Kier molecular flexibility index (Phi) is 3.75. The zero-order chi connectivity index (χ0) is 14.0. The number of nitrogens with zero attached hydrogens (tertiary/aromatic N) is 5. The molecule has 0 aliphatic rings. The van der Waals surface area contributed by atoms with Crippen LogP contribution in [0.5, 0.6) is 0 Å². The van der Waals surface area contributed by atoms with Crippen LogP contribution < -0.4 is 0 Å². The van der Waals surface area contributed by atoms with Crippen LogP contribution in [0.25, 0.3) is 5.82 Å². The van der Waals surface area contributed by atoms with E-state index in [9.17, 15) is 10.1 Å². The zero-order valence-corrected chi connectivity index (χ0v) is 11.2. The van der Waals surface area contributed by atoms with Gasteiger partial charge in [0.1, 0.15) is 5.69 Å². The summed E-state index contributed by atoms with van der Waals surface area (Å²) in [6.07, 6.45) is 4.90. The molecule has 0 atom stereocenters. The summed E-state index contributed by atoms with van der Waals surface area (Å²) in [5, 5.41) is 15.2. The molecular formula is C11H12ClN5O2. The SMILES string of the molecule is CC(C)Cc1nn(-c2cnccn2)c(Cl)c1[N+](=O)[O-].